The third kappa shape index (κ3) is 5.02. The first kappa shape index (κ1) is 20.3. The zero-order chi connectivity index (χ0) is 19.2. The van der Waals surface area contributed by atoms with Crippen molar-refractivity contribution in [3.8, 4) is 0 Å². The molecule has 0 aliphatic heterocycles. The number of H-pyrrole nitrogens is 1. The van der Waals surface area contributed by atoms with Crippen molar-refractivity contribution >= 4 is 24.7 Å². The molecule has 0 saturated heterocycles. The van der Waals surface area contributed by atoms with Crippen LogP contribution in [0.4, 0.5) is 5.95 Å². The molecular weight excluding hydrogens is 369 g/mol. The maximum absolute atomic E-state index is 12.3. The van der Waals surface area contributed by atoms with Crippen LogP contribution in [0.5, 0.6) is 0 Å². The first-order valence-electron chi connectivity index (χ1n) is 7.89. The molecule has 4 N–H and O–H groups in total. The Bertz CT molecular complexity index is 813. The molecule has 2 heterocycles. The lowest BCUT2D eigenvalue weighted by Gasteiger charge is -2.20. The second-order valence-corrected chi connectivity index (χ2v) is 7.05. The molecule has 2 aromatic rings. The van der Waals surface area contributed by atoms with Gasteiger partial charge in [-0.2, -0.15) is 9.71 Å². The zero-order valence-corrected chi connectivity index (χ0v) is 15.3. The van der Waals surface area contributed by atoms with Crippen LogP contribution in [0.15, 0.2) is 11.1 Å². The van der Waals surface area contributed by atoms with Crippen molar-refractivity contribution in [3.63, 3.8) is 0 Å². The van der Waals surface area contributed by atoms with Crippen molar-refractivity contribution in [1.82, 2.24) is 19.7 Å². The van der Waals surface area contributed by atoms with Crippen molar-refractivity contribution in [2.75, 3.05) is 38.5 Å². The van der Waals surface area contributed by atoms with Crippen molar-refractivity contribution in [2.45, 2.75) is 20.0 Å². The third-order valence-corrected chi connectivity index (χ3v) is 4.87. The molecule has 1 unspecified atom stereocenters. The van der Waals surface area contributed by atoms with Crippen LogP contribution < -0.4 is 16.1 Å². The van der Waals surface area contributed by atoms with Crippen LogP contribution in [0.3, 0.4) is 0 Å². The van der Waals surface area contributed by atoms with Crippen LogP contribution in [0, 0.1) is 0 Å². The highest BCUT2D eigenvalue weighted by Gasteiger charge is 2.25. The molecule has 12 nitrogen and oxygen atoms in total. The molecule has 1 atom stereocenters. The summed E-state index contributed by atoms with van der Waals surface area (Å²) in [6.07, 6.45) is 0.0936. The number of aliphatic hydroxyl groups is 1. The smallest absolute Gasteiger partial charge is 0.356 e. The largest absolute Gasteiger partial charge is 0.403 e. The molecule has 0 amide bonds. The fourth-order valence-electron chi connectivity index (χ4n) is 2.06. The number of imidazole rings is 1. The third-order valence-electron chi connectivity index (χ3n) is 3.07. The minimum atomic E-state index is -3.36. The number of nitrogen functional groups attached to an aromatic ring is 1. The molecule has 2 aromatic heterocycles. The van der Waals surface area contributed by atoms with E-state index in [2.05, 4.69) is 15.0 Å². The number of ether oxygens (including phenoxy) is 1. The van der Waals surface area contributed by atoms with E-state index in [1.165, 1.54) is 6.33 Å². The fourth-order valence-corrected chi connectivity index (χ4v) is 3.40. The van der Waals surface area contributed by atoms with Gasteiger partial charge in [-0.1, -0.05) is 0 Å². The van der Waals surface area contributed by atoms with Gasteiger partial charge in [0.05, 0.1) is 26.4 Å². The molecule has 146 valence electrons. The van der Waals surface area contributed by atoms with Gasteiger partial charge in [-0.25, -0.2) is 4.98 Å². The van der Waals surface area contributed by atoms with Crippen LogP contribution in [0.1, 0.15) is 13.8 Å². The van der Waals surface area contributed by atoms with Crippen LogP contribution in [0.25, 0.3) is 11.2 Å². The molecule has 0 spiro atoms. The lowest BCUT2D eigenvalue weighted by atomic mass is 10.4. The predicted octanol–water partition coefficient (Wildman–Crippen LogP) is -0.268. The zero-order valence-electron chi connectivity index (χ0n) is 14.5. The lowest BCUT2D eigenvalue weighted by Crippen LogP contribution is -2.33. The van der Waals surface area contributed by atoms with Gasteiger partial charge in [0.1, 0.15) is 12.7 Å². The van der Waals surface area contributed by atoms with E-state index < -0.39 is 25.9 Å². The van der Waals surface area contributed by atoms with Crippen molar-refractivity contribution < 1.29 is 28.3 Å². The van der Waals surface area contributed by atoms with Crippen molar-refractivity contribution in [1.29, 1.82) is 0 Å². The molecule has 13 heteroatoms. The molecule has 0 aliphatic carbocycles. The van der Waals surface area contributed by atoms with Gasteiger partial charge < -0.3 is 29.5 Å². The molecule has 0 aliphatic rings. The van der Waals surface area contributed by atoms with Crippen LogP contribution in [-0.2, 0) is 18.3 Å². The number of aliphatic hydroxyl groups excluding tert-OH is 1. The van der Waals surface area contributed by atoms with Crippen molar-refractivity contribution in [3.05, 3.63) is 16.7 Å². The van der Waals surface area contributed by atoms with Gasteiger partial charge in [0, 0.05) is 0 Å². The van der Waals surface area contributed by atoms with Crippen molar-refractivity contribution in [2.24, 2.45) is 0 Å². The number of fused-ring (bicyclic) bond motifs is 1. The van der Waals surface area contributed by atoms with E-state index in [1.54, 1.807) is 13.8 Å². The topological polar surface area (TPSA) is 164 Å². The van der Waals surface area contributed by atoms with E-state index in [9.17, 15) is 14.5 Å². The van der Waals surface area contributed by atoms with E-state index in [1.807, 2.05) is 0 Å². The minimum absolute atomic E-state index is 0.0361. The average molecular weight is 391 g/mol. The number of hydrogen-bond acceptors (Lipinski definition) is 10. The lowest BCUT2D eigenvalue weighted by molar-refractivity contribution is -0.0405. The highest BCUT2D eigenvalue weighted by Crippen LogP contribution is 2.47. The standard InChI is InChI=1S/C13H22N5O7P/c1-3-23-26(21,24-4-2)8-22-6-9(5-19)25-18-7-15-10-11(18)16-13(14)17-12(10)20/h7,9,19H,3-6,8H2,1-2H3,(H3,14,16,17,20). The molecule has 0 radical (unpaired) electrons. The SMILES string of the molecule is CCOP(=O)(COCC(CO)On1cnc2c(=O)[nH]c(N)nc21)OCC. The van der Waals surface area contributed by atoms with E-state index in [0.717, 1.165) is 4.73 Å². The van der Waals surface area contributed by atoms with E-state index >= 15 is 0 Å². The summed E-state index contributed by atoms with van der Waals surface area (Å²) in [5.74, 6) is -0.0981. The van der Waals surface area contributed by atoms with Crippen LogP contribution >= 0.6 is 7.60 Å². The number of aromatic nitrogens is 4. The first-order chi connectivity index (χ1) is 12.4. The van der Waals surface area contributed by atoms with Gasteiger partial charge in [0.15, 0.2) is 11.6 Å². The van der Waals surface area contributed by atoms with Gasteiger partial charge >= 0.3 is 7.60 Å². The summed E-state index contributed by atoms with van der Waals surface area (Å²) < 4.78 is 28.9. The Labute approximate surface area is 148 Å². The monoisotopic (exact) mass is 391 g/mol. The van der Waals surface area contributed by atoms with Gasteiger partial charge in [-0.05, 0) is 13.8 Å². The summed E-state index contributed by atoms with van der Waals surface area (Å²) in [4.78, 5) is 27.4. The summed E-state index contributed by atoms with van der Waals surface area (Å²) in [6.45, 7) is 3.28. The van der Waals surface area contributed by atoms with Crippen LogP contribution in [0.2, 0.25) is 0 Å². The maximum Gasteiger partial charge on any atom is 0.356 e. The number of aromatic amines is 1. The second kappa shape index (κ2) is 9.10. The van der Waals surface area contributed by atoms with Gasteiger partial charge in [0.25, 0.3) is 5.56 Å². The molecule has 0 saturated carbocycles. The van der Waals surface area contributed by atoms with E-state index in [0.29, 0.717) is 0 Å². The Hall–Kier alpha value is -1.98. The Morgan fingerprint density at radius 3 is 2.69 bits per heavy atom. The molecular formula is C13H22N5O7P. The molecule has 0 fully saturated rings. The summed E-state index contributed by atoms with van der Waals surface area (Å²) in [5.41, 5.74) is 5.12. The number of rotatable bonds is 11. The van der Waals surface area contributed by atoms with Crippen LogP contribution in [-0.4, -0.2) is 63.7 Å². The fraction of sp³-hybridized carbons (Fsp3) is 0.615. The van der Waals surface area contributed by atoms with Gasteiger partial charge in [-0.15, -0.1) is 0 Å². The minimum Gasteiger partial charge on any atom is -0.403 e. The summed E-state index contributed by atoms with van der Waals surface area (Å²) in [6, 6.07) is 0. The number of hydrogen-bond donors (Lipinski definition) is 3. The van der Waals surface area contributed by atoms with E-state index in [-0.39, 0.29) is 43.3 Å². The Morgan fingerprint density at radius 1 is 1.38 bits per heavy atom. The summed E-state index contributed by atoms with van der Waals surface area (Å²) in [5, 5.41) is 9.46. The molecule has 2 rings (SSSR count). The number of anilines is 1. The second-order valence-electron chi connectivity index (χ2n) is 5.05. The average Bonchev–Trinajstić information content (AvgIpc) is 2.97. The quantitative estimate of drug-likeness (QED) is 0.434. The molecule has 26 heavy (non-hydrogen) atoms. The highest BCUT2D eigenvalue weighted by atomic mass is 31.2. The Balaban J connectivity index is 2.02. The predicted molar refractivity (Wildman–Crippen MR) is 91.7 cm³/mol. The normalized spacial score (nSPS) is 13.2. The Kier molecular flexibility index (Phi) is 7.12. The maximum atomic E-state index is 12.3. The summed E-state index contributed by atoms with van der Waals surface area (Å²) >= 11 is 0. The Morgan fingerprint density at radius 2 is 2.08 bits per heavy atom. The van der Waals surface area contributed by atoms with E-state index in [4.69, 9.17) is 24.4 Å². The molecule has 0 bridgehead atoms. The highest BCUT2D eigenvalue weighted by molar-refractivity contribution is 7.53. The van der Waals surface area contributed by atoms with Gasteiger partial charge in [-0.3, -0.25) is 14.3 Å². The molecule has 0 aromatic carbocycles. The van der Waals surface area contributed by atoms with Gasteiger partial charge in [0.2, 0.25) is 11.6 Å². The summed E-state index contributed by atoms with van der Waals surface area (Å²) in [7, 11) is -3.36. The number of nitrogens with two attached hydrogens (primary N) is 1. The first-order valence-corrected chi connectivity index (χ1v) is 9.62. The number of nitrogens with zero attached hydrogens (tertiary/aromatic N) is 3. The number of nitrogens with one attached hydrogen (secondary N) is 1.